The van der Waals surface area contributed by atoms with E-state index < -0.39 is 11.6 Å². The average Bonchev–Trinajstić information content (AvgIpc) is 2.64. The van der Waals surface area contributed by atoms with Crippen molar-refractivity contribution < 1.29 is 8.78 Å². The van der Waals surface area contributed by atoms with Gasteiger partial charge in [-0.15, -0.1) is 0 Å². The average molecular weight is 220 g/mol. The number of nitrogens with zero attached hydrogens (tertiary/aromatic N) is 3. The maximum Gasteiger partial charge on any atom is 0.184 e. The summed E-state index contributed by atoms with van der Waals surface area (Å²) in [4.78, 5) is 0. The van der Waals surface area contributed by atoms with E-state index in [1.165, 1.54) is 18.3 Å². The molecule has 1 aromatic heterocycles. The van der Waals surface area contributed by atoms with Crippen molar-refractivity contribution in [3.8, 4) is 11.8 Å². The lowest BCUT2D eigenvalue weighted by molar-refractivity contribution is 0.502. The number of nitrogens with two attached hydrogens (primary N) is 1. The number of rotatable bonds is 1. The summed E-state index contributed by atoms with van der Waals surface area (Å²) in [5, 5.41) is 12.4. The van der Waals surface area contributed by atoms with Crippen LogP contribution in [0.3, 0.4) is 0 Å². The number of anilines is 1. The Morgan fingerprint density at radius 2 is 2.12 bits per heavy atom. The van der Waals surface area contributed by atoms with E-state index in [1.807, 2.05) is 0 Å². The van der Waals surface area contributed by atoms with Crippen LogP contribution in [0, 0.1) is 23.0 Å². The minimum absolute atomic E-state index is 0.0213. The molecule has 0 saturated carbocycles. The molecule has 16 heavy (non-hydrogen) atoms. The first-order valence-electron chi connectivity index (χ1n) is 4.33. The maximum atomic E-state index is 13.4. The smallest absolute Gasteiger partial charge is 0.184 e. The summed E-state index contributed by atoms with van der Waals surface area (Å²) in [6, 6.07) is 5.44. The molecule has 0 aliphatic rings. The number of hydrogen-bond donors (Lipinski definition) is 1. The van der Waals surface area contributed by atoms with Crippen LogP contribution in [0.1, 0.15) is 5.56 Å². The zero-order valence-electron chi connectivity index (χ0n) is 7.98. The Bertz CT molecular complexity index is 583. The highest BCUT2D eigenvalue weighted by Crippen LogP contribution is 2.20. The van der Waals surface area contributed by atoms with E-state index in [4.69, 9.17) is 11.0 Å². The molecule has 0 fully saturated rings. The van der Waals surface area contributed by atoms with Crippen molar-refractivity contribution in [3.63, 3.8) is 0 Å². The van der Waals surface area contributed by atoms with Crippen molar-refractivity contribution >= 4 is 5.82 Å². The lowest BCUT2D eigenvalue weighted by Gasteiger charge is -2.05. The molecule has 4 nitrogen and oxygen atoms in total. The lowest BCUT2D eigenvalue weighted by Crippen LogP contribution is -2.05. The molecule has 0 amide bonds. The van der Waals surface area contributed by atoms with Crippen LogP contribution in [0.4, 0.5) is 14.6 Å². The summed E-state index contributed by atoms with van der Waals surface area (Å²) in [6.07, 6.45) is 1.19. The molecule has 0 bridgehead atoms. The third kappa shape index (κ3) is 1.39. The molecule has 0 aliphatic heterocycles. The molecule has 6 heteroatoms. The van der Waals surface area contributed by atoms with Crippen molar-refractivity contribution in [1.29, 1.82) is 5.26 Å². The van der Waals surface area contributed by atoms with Gasteiger partial charge >= 0.3 is 0 Å². The third-order valence-electron chi connectivity index (χ3n) is 2.09. The van der Waals surface area contributed by atoms with Crippen molar-refractivity contribution in [1.82, 2.24) is 9.78 Å². The van der Waals surface area contributed by atoms with E-state index in [0.717, 1.165) is 10.7 Å². The van der Waals surface area contributed by atoms with Crippen LogP contribution in [0.25, 0.3) is 5.69 Å². The van der Waals surface area contributed by atoms with Gasteiger partial charge < -0.3 is 5.73 Å². The van der Waals surface area contributed by atoms with Crippen LogP contribution in [-0.4, -0.2) is 9.78 Å². The summed E-state index contributed by atoms with van der Waals surface area (Å²) in [6.45, 7) is 0. The first kappa shape index (κ1) is 10.1. The Labute approximate surface area is 89.5 Å². The summed E-state index contributed by atoms with van der Waals surface area (Å²) < 4.78 is 27.4. The van der Waals surface area contributed by atoms with E-state index >= 15 is 0 Å². The van der Waals surface area contributed by atoms with Crippen LogP contribution in [0.2, 0.25) is 0 Å². The fourth-order valence-electron chi connectivity index (χ4n) is 1.29. The first-order chi connectivity index (χ1) is 7.65. The van der Waals surface area contributed by atoms with Gasteiger partial charge in [-0.1, -0.05) is 6.07 Å². The molecule has 2 rings (SSSR count). The molecule has 1 aromatic carbocycles. The number of aromatic nitrogens is 2. The number of benzene rings is 1. The molecule has 0 aliphatic carbocycles. The van der Waals surface area contributed by atoms with Gasteiger partial charge in [0.2, 0.25) is 0 Å². The monoisotopic (exact) mass is 220 g/mol. The van der Waals surface area contributed by atoms with Crippen molar-refractivity contribution in [2.24, 2.45) is 0 Å². The molecule has 2 N–H and O–H groups in total. The summed E-state index contributed by atoms with van der Waals surface area (Å²) in [5.41, 5.74) is 5.54. The van der Waals surface area contributed by atoms with Gasteiger partial charge in [0.15, 0.2) is 11.6 Å². The SMILES string of the molecule is N#Cc1cnn(-c2cccc(F)c2F)c1N. The Kier molecular flexibility index (Phi) is 2.29. The fourth-order valence-corrected chi connectivity index (χ4v) is 1.29. The second-order valence-corrected chi connectivity index (χ2v) is 3.04. The molecule has 2 aromatic rings. The Morgan fingerprint density at radius 1 is 1.38 bits per heavy atom. The Morgan fingerprint density at radius 3 is 2.75 bits per heavy atom. The molecular weight excluding hydrogens is 214 g/mol. The molecule has 0 atom stereocenters. The molecule has 80 valence electrons. The molecular formula is C10H6F2N4. The van der Waals surface area contributed by atoms with Crippen LogP contribution < -0.4 is 5.73 Å². The van der Waals surface area contributed by atoms with Crippen LogP contribution in [0.15, 0.2) is 24.4 Å². The second kappa shape index (κ2) is 3.62. The van der Waals surface area contributed by atoms with Gasteiger partial charge in [0.05, 0.1) is 6.20 Å². The van der Waals surface area contributed by atoms with Gasteiger partial charge in [-0.05, 0) is 12.1 Å². The zero-order chi connectivity index (χ0) is 11.7. The van der Waals surface area contributed by atoms with Crippen molar-refractivity contribution in [2.75, 3.05) is 5.73 Å². The normalized spacial score (nSPS) is 10.1. The summed E-state index contributed by atoms with van der Waals surface area (Å²) in [7, 11) is 0. The number of nitriles is 1. The Balaban J connectivity index is 2.64. The second-order valence-electron chi connectivity index (χ2n) is 3.04. The topological polar surface area (TPSA) is 67.6 Å². The maximum absolute atomic E-state index is 13.4. The highest BCUT2D eigenvalue weighted by molar-refractivity contribution is 5.52. The predicted molar refractivity (Wildman–Crippen MR) is 52.6 cm³/mol. The minimum atomic E-state index is -1.05. The van der Waals surface area contributed by atoms with Gasteiger partial charge in [0, 0.05) is 0 Å². The zero-order valence-corrected chi connectivity index (χ0v) is 7.98. The fraction of sp³-hybridized carbons (Fsp3) is 0. The molecule has 0 spiro atoms. The molecule has 0 radical (unpaired) electrons. The quantitative estimate of drug-likeness (QED) is 0.793. The van der Waals surface area contributed by atoms with E-state index in [-0.39, 0.29) is 17.1 Å². The van der Waals surface area contributed by atoms with Crippen molar-refractivity contribution in [2.45, 2.75) is 0 Å². The lowest BCUT2D eigenvalue weighted by atomic mass is 10.3. The van der Waals surface area contributed by atoms with E-state index in [1.54, 1.807) is 6.07 Å². The van der Waals surface area contributed by atoms with E-state index in [2.05, 4.69) is 5.10 Å². The summed E-state index contributed by atoms with van der Waals surface area (Å²) >= 11 is 0. The van der Waals surface area contributed by atoms with Crippen molar-refractivity contribution in [3.05, 3.63) is 41.6 Å². The highest BCUT2D eigenvalue weighted by atomic mass is 19.2. The predicted octanol–water partition coefficient (Wildman–Crippen LogP) is 1.60. The van der Waals surface area contributed by atoms with Gasteiger partial charge in [-0.2, -0.15) is 10.4 Å². The first-order valence-corrected chi connectivity index (χ1v) is 4.33. The van der Waals surface area contributed by atoms with E-state index in [9.17, 15) is 8.78 Å². The number of hydrogen-bond acceptors (Lipinski definition) is 3. The standard InChI is InChI=1S/C10H6F2N4/c11-7-2-1-3-8(9(7)12)16-10(14)6(4-13)5-15-16/h1-3,5H,14H2. The Hall–Kier alpha value is -2.42. The van der Waals surface area contributed by atoms with Gasteiger partial charge in [0.1, 0.15) is 23.1 Å². The van der Waals surface area contributed by atoms with Gasteiger partial charge in [-0.25, -0.2) is 13.5 Å². The largest absolute Gasteiger partial charge is 0.382 e. The molecule has 1 heterocycles. The molecule has 0 unspecified atom stereocenters. The third-order valence-corrected chi connectivity index (χ3v) is 2.09. The van der Waals surface area contributed by atoms with Gasteiger partial charge in [0.25, 0.3) is 0 Å². The van der Waals surface area contributed by atoms with E-state index in [0.29, 0.717) is 0 Å². The van der Waals surface area contributed by atoms with Crippen LogP contribution in [-0.2, 0) is 0 Å². The number of halogens is 2. The number of nitrogen functional groups attached to an aromatic ring is 1. The highest BCUT2D eigenvalue weighted by Gasteiger charge is 2.14. The molecule has 0 saturated heterocycles. The minimum Gasteiger partial charge on any atom is -0.382 e. The van der Waals surface area contributed by atoms with Gasteiger partial charge in [-0.3, -0.25) is 0 Å². The summed E-state index contributed by atoms with van der Waals surface area (Å²) in [5.74, 6) is -2.07. The van der Waals surface area contributed by atoms with Crippen LogP contribution in [0.5, 0.6) is 0 Å². The van der Waals surface area contributed by atoms with Crippen LogP contribution >= 0.6 is 0 Å².